The first-order chi connectivity index (χ1) is 12.2. The minimum atomic E-state index is -0.496. The molecule has 1 amide bonds. The van der Waals surface area contributed by atoms with E-state index in [-0.39, 0.29) is 37.0 Å². The van der Waals surface area contributed by atoms with Crippen molar-refractivity contribution >= 4 is 11.9 Å². The van der Waals surface area contributed by atoms with Crippen LogP contribution in [0.4, 0.5) is 0 Å². The molecule has 0 aromatic heterocycles. The van der Waals surface area contributed by atoms with E-state index in [0.29, 0.717) is 6.42 Å². The molecule has 0 heterocycles. The molecule has 0 fully saturated rings. The molecule has 4 nitrogen and oxygen atoms in total. The number of nitrogens with one attached hydrogen (secondary N) is 1. The van der Waals surface area contributed by atoms with Crippen molar-refractivity contribution in [3.63, 3.8) is 0 Å². The minimum absolute atomic E-state index is 0. The molecule has 0 unspecified atom stereocenters. The Morgan fingerprint density at radius 3 is 1.58 bits per heavy atom. The van der Waals surface area contributed by atoms with Crippen LogP contribution in [-0.4, -0.2) is 11.9 Å². The summed E-state index contributed by atoms with van der Waals surface area (Å²) >= 11 is 0. The zero-order chi connectivity index (χ0) is 18.6. The molecular weight excluding hydrogens is 337 g/mol. The smallest absolute Gasteiger partial charge is 1.00 e. The van der Waals surface area contributed by atoms with Gasteiger partial charge in [0.2, 0.25) is 0 Å². The van der Waals surface area contributed by atoms with Gasteiger partial charge in [-0.15, -0.1) is 0 Å². The quantitative estimate of drug-likeness (QED) is 0.183. The fourth-order valence-corrected chi connectivity index (χ4v) is 2.84. The van der Waals surface area contributed by atoms with Gasteiger partial charge in [-0.05, 0) is 12.5 Å². The van der Waals surface area contributed by atoms with Crippen molar-refractivity contribution in [1.29, 1.82) is 0 Å². The zero-order valence-corrected chi connectivity index (χ0v) is 19.3. The van der Waals surface area contributed by atoms with Crippen LogP contribution in [0.25, 0.3) is 0 Å². The van der Waals surface area contributed by atoms with Crippen LogP contribution in [-0.2, 0) is 14.4 Å². The Kier molecular flexibility index (Phi) is 24.4. The van der Waals surface area contributed by atoms with Crippen molar-refractivity contribution in [3.8, 4) is 0 Å². The molecule has 0 atom stereocenters. The van der Waals surface area contributed by atoms with Crippen molar-refractivity contribution in [1.82, 2.24) is 5.48 Å². The van der Waals surface area contributed by atoms with E-state index in [0.717, 1.165) is 18.9 Å². The second-order valence-electron chi connectivity index (χ2n) is 6.84. The number of carbonyl (C=O) groups excluding carboxylic acids is 2. The average molecular weight is 378 g/mol. The molecule has 0 bridgehead atoms. The Labute approximate surface area is 184 Å². The maximum atomic E-state index is 11.3. The van der Waals surface area contributed by atoms with Crippen LogP contribution in [0.2, 0.25) is 0 Å². The predicted molar refractivity (Wildman–Crippen MR) is 105 cm³/mol. The molecule has 0 rings (SSSR count). The Morgan fingerprint density at radius 1 is 0.808 bits per heavy atom. The van der Waals surface area contributed by atoms with E-state index in [2.05, 4.69) is 18.3 Å². The summed E-state index contributed by atoms with van der Waals surface area (Å²) in [6.45, 7) is 5.54. The number of carbonyl (C=O) groups is 2. The Morgan fingerprint density at radius 2 is 1.19 bits per heavy atom. The van der Waals surface area contributed by atoms with E-state index < -0.39 is 5.91 Å². The molecule has 26 heavy (non-hydrogen) atoms. The molecular formula is C21H40NNaO3. The molecule has 0 aliphatic heterocycles. The topological polar surface area (TPSA) is 55.4 Å². The van der Waals surface area contributed by atoms with Crippen molar-refractivity contribution in [2.45, 2.75) is 110 Å². The molecule has 0 aliphatic rings. The standard InChI is InChI=1S/C21H39NO3.Na.H/c1-3-5-6-7-8-9-10-11-12-13-14-15-16-17-18-19-21(24)25-22-20(23)4-2;;/h4H,2-3,5-19H2,1H3,(H,22,23);;/q;+1;-1. The molecule has 0 saturated heterocycles. The van der Waals surface area contributed by atoms with Crippen LogP contribution >= 0.6 is 0 Å². The fraction of sp³-hybridized carbons (Fsp3) is 0.810. The minimum Gasteiger partial charge on any atom is -1.00 e. The first-order valence-electron chi connectivity index (χ1n) is 10.3. The number of hydrogen-bond donors (Lipinski definition) is 1. The Hall–Kier alpha value is -0.320. The first kappa shape index (κ1) is 27.9. The molecule has 0 aliphatic carbocycles. The molecule has 148 valence electrons. The second kappa shape index (κ2) is 22.7. The first-order valence-corrected chi connectivity index (χ1v) is 10.3. The van der Waals surface area contributed by atoms with Crippen LogP contribution in [0, 0.1) is 0 Å². The maximum absolute atomic E-state index is 11.3. The fourth-order valence-electron chi connectivity index (χ4n) is 2.84. The van der Waals surface area contributed by atoms with Crippen LogP contribution < -0.4 is 35.0 Å². The summed E-state index contributed by atoms with van der Waals surface area (Å²) in [6.07, 6.45) is 20.9. The van der Waals surface area contributed by atoms with Gasteiger partial charge in [-0.2, -0.15) is 5.48 Å². The van der Waals surface area contributed by atoms with Gasteiger partial charge in [0.1, 0.15) is 0 Å². The summed E-state index contributed by atoms with van der Waals surface area (Å²) in [6, 6.07) is 0. The molecule has 0 aromatic carbocycles. The summed E-state index contributed by atoms with van der Waals surface area (Å²) in [5, 5.41) is 0. The number of unbranched alkanes of at least 4 members (excludes halogenated alkanes) is 14. The molecule has 5 heteroatoms. The third-order valence-corrected chi connectivity index (χ3v) is 4.44. The van der Waals surface area contributed by atoms with Gasteiger partial charge in [0.15, 0.2) is 0 Å². The second-order valence-corrected chi connectivity index (χ2v) is 6.84. The van der Waals surface area contributed by atoms with E-state index >= 15 is 0 Å². The molecule has 1 N–H and O–H groups in total. The van der Waals surface area contributed by atoms with Crippen molar-refractivity contribution in [2.24, 2.45) is 0 Å². The van der Waals surface area contributed by atoms with Crippen molar-refractivity contribution in [3.05, 3.63) is 12.7 Å². The van der Waals surface area contributed by atoms with Gasteiger partial charge < -0.3 is 6.26 Å². The van der Waals surface area contributed by atoms with Gasteiger partial charge in [-0.25, -0.2) is 4.79 Å². The number of rotatable bonds is 17. The van der Waals surface area contributed by atoms with Crippen LogP contribution in [0.1, 0.15) is 111 Å². The normalized spacial score (nSPS) is 10.0. The average Bonchev–Trinajstić information content (AvgIpc) is 2.62. The zero-order valence-electron chi connectivity index (χ0n) is 18.3. The van der Waals surface area contributed by atoms with Gasteiger partial charge >= 0.3 is 35.5 Å². The van der Waals surface area contributed by atoms with Gasteiger partial charge in [0.25, 0.3) is 5.91 Å². The van der Waals surface area contributed by atoms with Gasteiger partial charge in [0.05, 0.1) is 0 Å². The number of amides is 1. The van der Waals surface area contributed by atoms with Crippen LogP contribution in [0.15, 0.2) is 12.7 Å². The maximum Gasteiger partial charge on any atom is 1.00 e. The van der Waals surface area contributed by atoms with Crippen molar-refractivity contribution < 1.29 is 45.4 Å². The largest absolute Gasteiger partial charge is 1.00 e. The van der Waals surface area contributed by atoms with E-state index in [4.69, 9.17) is 0 Å². The van der Waals surface area contributed by atoms with Crippen LogP contribution in [0.3, 0.4) is 0 Å². The number of hydroxylamine groups is 1. The third-order valence-electron chi connectivity index (χ3n) is 4.44. The number of hydrogen-bond acceptors (Lipinski definition) is 3. The molecule has 0 spiro atoms. The molecule has 0 saturated carbocycles. The van der Waals surface area contributed by atoms with E-state index in [1.165, 1.54) is 83.5 Å². The third kappa shape index (κ3) is 21.7. The summed E-state index contributed by atoms with van der Waals surface area (Å²) in [5.74, 6) is -0.880. The molecule has 0 radical (unpaired) electrons. The van der Waals surface area contributed by atoms with E-state index in [1.54, 1.807) is 0 Å². The van der Waals surface area contributed by atoms with Gasteiger partial charge in [0, 0.05) is 6.42 Å². The molecule has 0 aromatic rings. The van der Waals surface area contributed by atoms with E-state index in [1.807, 2.05) is 5.48 Å². The SMILES string of the molecule is C=CC(=O)NOC(=O)CCCCCCCCCCCCCCCCC.[H-].[Na+]. The summed E-state index contributed by atoms with van der Waals surface area (Å²) in [7, 11) is 0. The van der Waals surface area contributed by atoms with E-state index in [9.17, 15) is 9.59 Å². The monoisotopic (exact) mass is 377 g/mol. The summed E-state index contributed by atoms with van der Waals surface area (Å²) in [4.78, 5) is 26.8. The van der Waals surface area contributed by atoms with Crippen molar-refractivity contribution in [2.75, 3.05) is 0 Å². The van der Waals surface area contributed by atoms with Gasteiger partial charge in [-0.3, -0.25) is 4.79 Å². The Balaban J connectivity index is -0.00000288. The summed E-state index contributed by atoms with van der Waals surface area (Å²) in [5.41, 5.74) is 2.03. The Bertz CT molecular complexity index is 354. The summed E-state index contributed by atoms with van der Waals surface area (Å²) < 4.78 is 0. The van der Waals surface area contributed by atoms with Gasteiger partial charge in [-0.1, -0.05) is 103 Å². The predicted octanol–water partition coefficient (Wildman–Crippen LogP) is 3.12. The van der Waals surface area contributed by atoms with Crippen LogP contribution in [0.5, 0.6) is 0 Å².